The molecule has 0 spiro atoms. The number of rotatable bonds is 21. The van der Waals surface area contributed by atoms with Gasteiger partial charge in [-0.2, -0.15) is 0 Å². The lowest BCUT2D eigenvalue weighted by molar-refractivity contribution is -0.301. The van der Waals surface area contributed by atoms with Gasteiger partial charge in [-0.25, -0.2) is 18.7 Å². The fourth-order valence-corrected chi connectivity index (χ4v) is 10.5. The van der Waals surface area contributed by atoms with Gasteiger partial charge in [-0.3, -0.25) is 0 Å². The van der Waals surface area contributed by atoms with Crippen molar-refractivity contribution in [2.45, 2.75) is 179 Å². The lowest BCUT2D eigenvalue weighted by Crippen LogP contribution is -2.59. The Morgan fingerprint density at radius 3 is 1.15 bits per heavy atom. The van der Waals surface area contributed by atoms with Crippen molar-refractivity contribution < 1.29 is 120 Å². The molecule has 4 aromatic heterocycles. The Morgan fingerprint density at radius 2 is 0.725 bits per heavy atom. The molecule has 448 valence electrons. The van der Waals surface area contributed by atoms with Gasteiger partial charge in [0.1, 0.15) is 145 Å². The van der Waals surface area contributed by atoms with Gasteiger partial charge < -0.3 is 120 Å². The van der Waals surface area contributed by atoms with E-state index in [1.165, 1.54) is 34.2 Å². The molecule has 36 nitrogen and oxygen atoms in total. The highest BCUT2D eigenvalue weighted by molar-refractivity contribution is 5.12. The second-order valence-electron chi connectivity index (χ2n) is 20.2. The number of hydrogen-bond acceptors (Lipinski definition) is 32. The number of nitrogens with zero attached hydrogens (tertiary/aromatic N) is 12. The minimum Gasteiger partial charge on any atom is -0.394 e. The normalized spacial score (nSPS) is 40.8. The monoisotopic (exact) mass is 1150 g/mol. The smallest absolute Gasteiger partial charge is 0.186 e. The second kappa shape index (κ2) is 26.0. The number of aryl methyl sites for hydroxylation is 2. The first-order valence-electron chi connectivity index (χ1n) is 25.8. The van der Waals surface area contributed by atoms with Crippen LogP contribution in [0.2, 0.25) is 0 Å². The standard InChI is InChI=1S/C44H68N12O24/c57-11-20-25(53-7-16(45-49-53)3-1-5-74-43-38(72)33(67)28(62)23(14-60)79-43)30(64)35(69)40(76-20)18-9-55(51-47-18)27-22(13-59)78-42(37(71)32(27)66)56-10-19(48-52-56)41-36(70)31(65)26(21(12-58)77-41)54-8-17(46-50-54)4-2-6-75-44-39(73)34(68)29(63)24(15-61)80-44/h7-10,20-44,57-73H,1-6,11-15H2/t20-,21-,22-,23-,24-,25-,26-,27-,28+,29+,30+,31+,32+,33+,34+,35-,36-,37-,38-,39-,40+,41+,42-,43-,44-/m1/s1. The number of aliphatic hydroxyl groups excluding tert-OH is 17. The van der Waals surface area contributed by atoms with E-state index in [0.29, 0.717) is 24.2 Å². The molecule has 0 aliphatic carbocycles. The molecule has 0 bridgehead atoms. The largest absolute Gasteiger partial charge is 0.394 e. The maximum atomic E-state index is 11.6. The van der Waals surface area contributed by atoms with Gasteiger partial charge in [-0.15, -0.1) is 20.4 Å². The quantitative estimate of drug-likeness (QED) is 0.0345. The molecule has 0 unspecified atom stereocenters. The summed E-state index contributed by atoms with van der Waals surface area (Å²) >= 11 is 0. The summed E-state index contributed by atoms with van der Waals surface area (Å²) in [6.07, 6.45) is -26.4. The fourth-order valence-electron chi connectivity index (χ4n) is 10.5. The summed E-state index contributed by atoms with van der Waals surface area (Å²) in [5.74, 6) is 0. The van der Waals surface area contributed by atoms with Gasteiger partial charge >= 0.3 is 0 Å². The Hall–Kier alpha value is -4.40. The summed E-state index contributed by atoms with van der Waals surface area (Å²) in [5, 5.41) is 212. The maximum absolute atomic E-state index is 11.6. The molecule has 5 aliphatic heterocycles. The van der Waals surface area contributed by atoms with Crippen LogP contribution in [0.5, 0.6) is 0 Å². The minimum absolute atomic E-state index is 0.0112. The van der Waals surface area contributed by atoms with Crippen LogP contribution in [0.1, 0.15) is 72.2 Å². The summed E-state index contributed by atoms with van der Waals surface area (Å²) < 4.78 is 44.3. The van der Waals surface area contributed by atoms with Crippen LogP contribution in [0.25, 0.3) is 0 Å². The molecule has 80 heavy (non-hydrogen) atoms. The van der Waals surface area contributed by atoms with E-state index < -0.39 is 186 Å². The zero-order valence-electron chi connectivity index (χ0n) is 42.3. The molecule has 4 aromatic rings. The van der Waals surface area contributed by atoms with Gasteiger partial charge in [-0.1, -0.05) is 20.9 Å². The second-order valence-corrected chi connectivity index (χ2v) is 20.2. The zero-order valence-corrected chi connectivity index (χ0v) is 42.3. The first-order valence-corrected chi connectivity index (χ1v) is 25.8. The van der Waals surface area contributed by atoms with Gasteiger partial charge in [0.15, 0.2) is 18.8 Å². The average molecular weight is 1150 g/mol. The van der Waals surface area contributed by atoms with Crippen molar-refractivity contribution in [3.05, 3.63) is 47.6 Å². The molecule has 0 radical (unpaired) electrons. The number of aromatic nitrogens is 12. The highest BCUT2D eigenvalue weighted by Crippen LogP contribution is 2.41. The molecule has 5 fully saturated rings. The average Bonchev–Trinajstić information content (AvgIpc) is 4.39. The molecular formula is C44H68N12O24. The molecule has 0 amide bonds. The Labute approximate surface area is 451 Å². The Bertz CT molecular complexity index is 2560. The number of aliphatic hydroxyl groups is 17. The van der Waals surface area contributed by atoms with E-state index in [4.69, 9.17) is 33.2 Å². The van der Waals surface area contributed by atoms with Gasteiger partial charge in [0, 0.05) is 12.4 Å². The Balaban J connectivity index is 0.784. The lowest BCUT2D eigenvalue weighted by atomic mass is 9.91. The van der Waals surface area contributed by atoms with Crippen LogP contribution in [0.3, 0.4) is 0 Å². The highest BCUT2D eigenvalue weighted by atomic mass is 16.7. The van der Waals surface area contributed by atoms with E-state index in [1.807, 2.05) is 0 Å². The summed E-state index contributed by atoms with van der Waals surface area (Å²) in [5.41, 5.74) is 0.606. The highest BCUT2D eigenvalue weighted by Gasteiger charge is 2.52. The number of hydrogen-bond donors (Lipinski definition) is 17. The van der Waals surface area contributed by atoms with Crippen molar-refractivity contribution in [2.24, 2.45) is 0 Å². The molecular weight excluding hydrogens is 1080 g/mol. The van der Waals surface area contributed by atoms with Crippen LogP contribution < -0.4 is 0 Å². The number of ether oxygens (including phenoxy) is 7. The topological polar surface area (TPSA) is 531 Å². The molecule has 9 heterocycles. The van der Waals surface area contributed by atoms with E-state index in [2.05, 4.69) is 41.2 Å². The van der Waals surface area contributed by atoms with Crippen LogP contribution >= 0.6 is 0 Å². The van der Waals surface area contributed by atoms with Crippen molar-refractivity contribution in [1.82, 2.24) is 60.0 Å². The predicted molar refractivity (Wildman–Crippen MR) is 250 cm³/mol. The lowest BCUT2D eigenvalue weighted by Gasteiger charge is -2.42. The van der Waals surface area contributed by atoms with E-state index in [0.717, 1.165) is 9.36 Å². The summed E-state index contributed by atoms with van der Waals surface area (Å²) in [7, 11) is 0. The van der Waals surface area contributed by atoms with Crippen molar-refractivity contribution in [3.63, 3.8) is 0 Å². The van der Waals surface area contributed by atoms with Crippen LogP contribution in [-0.4, -0.2) is 309 Å². The molecule has 9 rings (SSSR count). The molecule has 36 heteroatoms. The fraction of sp³-hybridized carbons (Fsp3) is 0.818. The molecule has 17 N–H and O–H groups in total. The van der Waals surface area contributed by atoms with Gasteiger partial charge in [-0.05, 0) is 25.7 Å². The third-order valence-corrected chi connectivity index (χ3v) is 15.0. The third kappa shape index (κ3) is 12.0. The summed E-state index contributed by atoms with van der Waals surface area (Å²) in [4.78, 5) is 0. The summed E-state index contributed by atoms with van der Waals surface area (Å²) in [6, 6.07) is -3.69. The van der Waals surface area contributed by atoms with Crippen molar-refractivity contribution in [2.75, 3.05) is 46.2 Å². The van der Waals surface area contributed by atoms with E-state index in [-0.39, 0.29) is 37.4 Å². The predicted octanol–water partition coefficient (Wildman–Crippen LogP) is -10.8. The van der Waals surface area contributed by atoms with E-state index in [9.17, 15) is 86.8 Å². The van der Waals surface area contributed by atoms with Crippen LogP contribution in [-0.2, 0) is 46.0 Å². The zero-order chi connectivity index (χ0) is 57.3. The molecule has 0 saturated carbocycles. The molecule has 0 aromatic carbocycles. The SMILES string of the molecule is OC[C@H]1O[C@@H](OCCCc2cn([C@H]3[C@H](O)[C@@H](O)[C@H](c4cn([C@H]5[C@H](O)[C@@H](O)[C@H](n6cc([C@@H]7O[C@H](CO)[C@@H](n8cc(CCCO[C@@H]9O[C@H](CO)[C@H](O)[C@H](O)[C@H]9O)nn8)[C@H](O)[C@H]7O)nn6)O[C@@H]5CO)nn4)O[C@@H]3CO)nn2)[C@H](O)[C@@H](O)[C@H]1O. The van der Waals surface area contributed by atoms with E-state index in [1.54, 1.807) is 0 Å². The first-order chi connectivity index (χ1) is 38.4. The van der Waals surface area contributed by atoms with Crippen molar-refractivity contribution in [1.29, 1.82) is 0 Å². The Kier molecular flexibility index (Phi) is 19.6. The van der Waals surface area contributed by atoms with Crippen molar-refractivity contribution >= 4 is 0 Å². The van der Waals surface area contributed by atoms with Crippen molar-refractivity contribution in [3.8, 4) is 0 Å². The minimum atomic E-state index is -1.82. The maximum Gasteiger partial charge on any atom is 0.186 e. The van der Waals surface area contributed by atoms with Gasteiger partial charge in [0.05, 0.1) is 70.0 Å². The first kappa shape index (κ1) is 60.2. The van der Waals surface area contributed by atoms with Gasteiger partial charge in [0.25, 0.3) is 0 Å². The molecule has 25 atom stereocenters. The molecule has 5 aliphatic rings. The Morgan fingerprint density at radius 1 is 0.362 bits per heavy atom. The van der Waals surface area contributed by atoms with Gasteiger partial charge in [0.2, 0.25) is 0 Å². The van der Waals surface area contributed by atoms with Crippen LogP contribution in [0.15, 0.2) is 24.8 Å². The van der Waals surface area contributed by atoms with Crippen LogP contribution in [0, 0.1) is 0 Å². The summed E-state index contributed by atoms with van der Waals surface area (Å²) in [6.45, 7) is -3.39. The molecule has 5 saturated heterocycles. The van der Waals surface area contributed by atoms with E-state index >= 15 is 0 Å². The van der Waals surface area contributed by atoms with Crippen LogP contribution in [0.4, 0.5) is 0 Å². The third-order valence-electron chi connectivity index (χ3n) is 15.0.